The van der Waals surface area contributed by atoms with Crippen LogP contribution in [0.2, 0.25) is 5.02 Å². The maximum absolute atomic E-state index is 14.3. The molecule has 2 aromatic heterocycles. The molecule has 4 aliphatic rings. The molecule has 11 rings (SSSR count). The molecule has 4 aliphatic heterocycles. The number of ketones is 1. The lowest BCUT2D eigenvalue weighted by atomic mass is 9.75. The fourth-order valence-corrected chi connectivity index (χ4v) is 9.41. The summed E-state index contributed by atoms with van der Waals surface area (Å²) in [5, 5.41) is 15.4. The third-order valence-corrected chi connectivity index (χ3v) is 11.9. The normalized spacial score (nSPS) is 21.5. The molecule has 57 heavy (non-hydrogen) atoms. The predicted octanol–water partition coefficient (Wildman–Crippen LogP) is 7.22. The maximum Gasteiger partial charge on any atom is 0.266 e. The van der Waals surface area contributed by atoms with E-state index >= 15 is 0 Å². The number of nitrogens with one attached hydrogen (secondary N) is 2. The summed E-state index contributed by atoms with van der Waals surface area (Å²) in [7, 11) is 0. The number of imide groups is 1. The largest absolute Gasteiger partial charge is 0.494 e. The number of hydrogen-bond acceptors (Lipinski definition) is 8. The van der Waals surface area contributed by atoms with Crippen molar-refractivity contribution in [3.05, 3.63) is 159 Å². The molecule has 3 N–H and O–H groups in total. The van der Waals surface area contributed by atoms with Gasteiger partial charge in [0, 0.05) is 28.1 Å². The van der Waals surface area contributed by atoms with Crippen molar-refractivity contribution < 1.29 is 19.5 Å². The van der Waals surface area contributed by atoms with E-state index in [0.29, 0.717) is 55.7 Å². The van der Waals surface area contributed by atoms with Gasteiger partial charge in [0.15, 0.2) is 5.88 Å². The molecule has 0 aliphatic carbocycles. The number of carbonyl (C=O) groups excluding carboxylic acids is 3. The number of hydrogen-bond donors (Lipinski definition) is 3. The first-order chi connectivity index (χ1) is 27.6. The van der Waals surface area contributed by atoms with Crippen molar-refractivity contribution in [3.8, 4) is 11.6 Å². The van der Waals surface area contributed by atoms with Crippen LogP contribution < -0.4 is 15.8 Å². The second kappa shape index (κ2) is 12.7. The van der Waals surface area contributed by atoms with Crippen molar-refractivity contribution in [2.45, 2.75) is 25.4 Å². The van der Waals surface area contributed by atoms with Crippen LogP contribution in [0.4, 0.5) is 11.4 Å². The number of anilines is 1. The van der Waals surface area contributed by atoms with E-state index in [2.05, 4.69) is 15.3 Å². The highest BCUT2D eigenvalue weighted by molar-refractivity contribution is 6.56. The lowest BCUT2D eigenvalue weighted by Crippen LogP contribution is -2.51. The van der Waals surface area contributed by atoms with Crippen molar-refractivity contribution in [1.29, 1.82) is 0 Å². The third kappa shape index (κ3) is 4.82. The first kappa shape index (κ1) is 34.8. The van der Waals surface area contributed by atoms with Gasteiger partial charge in [0.25, 0.3) is 5.56 Å². The molecule has 0 bridgehead atoms. The van der Waals surface area contributed by atoms with Gasteiger partial charge in [-0.15, -0.1) is 0 Å². The zero-order chi connectivity index (χ0) is 39.3. The maximum atomic E-state index is 14.3. The molecule has 6 heterocycles. The van der Waals surface area contributed by atoms with Crippen LogP contribution in [0.1, 0.15) is 41.2 Å². The van der Waals surface area contributed by atoms with Gasteiger partial charge in [0.05, 0.1) is 50.4 Å². The van der Waals surface area contributed by atoms with Crippen LogP contribution >= 0.6 is 11.6 Å². The van der Waals surface area contributed by atoms with E-state index in [1.54, 1.807) is 53.1 Å². The summed E-state index contributed by atoms with van der Waals surface area (Å²) in [6, 6.07) is 36.0. The lowest BCUT2D eigenvalue weighted by Gasteiger charge is -2.32. The van der Waals surface area contributed by atoms with Crippen molar-refractivity contribution in [2.75, 3.05) is 4.90 Å². The van der Waals surface area contributed by atoms with Gasteiger partial charge in [-0.05, 0) is 54.4 Å². The van der Waals surface area contributed by atoms with Crippen molar-refractivity contribution in [2.24, 2.45) is 22.7 Å². The zero-order valence-corrected chi connectivity index (χ0v) is 31.4. The summed E-state index contributed by atoms with van der Waals surface area (Å²) >= 11 is 6.47. The fourth-order valence-electron chi connectivity index (χ4n) is 9.19. The Morgan fingerprint density at radius 1 is 0.772 bits per heavy atom. The van der Waals surface area contributed by atoms with Gasteiger partial charge in [0.1, 0.15) is 17.1 Å². The van der Waals surface area contributed by atoms with E-state index < -0.39 is 17.4 Å². The van der Waals surface area contributed by atoms with E-state index in [-0.39, 0.29) is 41.0 Å². The number of benzene rings is 5. The summed E-state index contributed by atoms with van der Waals surface area (Å²) in [5.41, 5.74) is 3.80. The number of para-hydroxylation sites is 5. The number of H-pyrrole nitrogens is 1. The molecule has 1 spiro atoms. The molecule has 2 saturated heterocycles. The molecular formula is C45H33ClN6O5. The van der Waals surface area contributed by atoms with Crippen LogP contribution in [0.3, 0.4) is 0 Å². The number of carbonyl (C=O) groups is 3. The van der Waals surface area contributed by atoms with Crippen LogP contribution in [0, 0.1) is 17.8 Å². The van der Waals surface area contributed by atoms with Crippen LogP contribution in [-0.4, -0.2) is 49.0 Å². The van der Waals surface area contributed by atoms with Crippen LogP contribution in [0.25, 0.3) is 27.5 Å². The molecule has 2 amide bonds. The number of aromatic amines is 1. The Kier molecular flexibility index (Phi) is 7.73. The predicted molar refractivity (Wildman–Crippen MR) is 218 cm³/mol. The molecule has 0 radical (unpaired) electrons. The summed E-state index contributed by atoms with van der Waals surface area (Å²) < 4.78 is 1.61. The average Bonchev–Trinajstić information content (AvgIpc) is 3.98. The number of aromatic hydroxyl groups is 1. The Hall–Kier alpha value is -6.69. The quantitative estimate of drug-likeness (QED) is 0.161. The molecule has 5 aromatic carbocycles. The van der Waals surface area contributed by atoms with E-state index in [9.17, 15) is 24.3 Å². The Labute approximate surface area is 330 Å². The Bertz CT molecular complexity index is 2990. The minimum absolute atomic E-state index is 0.0221. The summed E-state index contributed by atoms with van der Waals surface area (Å²) in [6.07, 6.45) is 0. The molecule has 11 nitrogen and oxygen atoms in total. The van der Waals surface area contributed by atoms with Crippen LogP contribution in [-0.2, 0) is 15.1 Å². The van der Waals surface area contributed by atoms with E-state index in [4.69, 9.17) is 16.6 Å². The van der Waals surface area contributed by atoms with Gasteiger partial charge < -0.3 is 10.1 Å². The topological polar surface area (TPSA) is 150 Å². The minimum Gasteiger partial charge on any atom is -0.494 e. The Morgan fingerprint density at radius 3 is 2.21 bits per heavy atom. The summed E-state index contributed by atoms with van der Waals surface area (Å²) in [5.74, 6) is -1.78. The van der Waals surface area contributed by atoms with Crippen LogP contribution in [0.15, 0.2) is 131 Å². The summed E-state index contributed by atoms with van der Waals surface area (Å²) in [4.78, 5) is 68.1. The summed E-state index contributed by atoms with van der Waals surface area (Å²) in [6.45, 7) is 4.07. The highest BCUT2D eigenvalue weighted by Crippen LogP contribution is 2.56. The van der Waals surface area contributed by atoms with E-state index in [0.717, 1.165) is 16.5 Å². The van der Waals surface area contributed by atoms with Gasteiger partial charge in [-0.25, -0.2) is 14.9 Å². The van der Waals surface area contributed by atoms with Gasteiger partial charge in [-0.1, -0.05) is 98.2 Å². The number of aliphatic imine (C=N–C) groups is 1. The molecule has 280 valence electrons. The molecule has 2 fully saturated rings. The van der Waals surface area contributed by atoms with Crippen molar-refractivity contribution in [3.63, 3.8) is 0 Å². The number of aromatic nitrogens is 3. The fraction of sp³-hybridized carbons (Fsp3) is 0.156. The average molecular weight is 773 g/mol. The Morgan fingerprint density at radius 2 is 1.44 bits per heavy atom. The minimum atomic E-state index is -1.15. The molecule has 7 aromatic rings. The molecule has 2 unspecified atom stereocenters. The van der Waals surface area contributed by atoms with Gasteiger partial charge in [0.2, 0.25) is 17.6 Å². The lowest BCUT2D eigenvalue weighted by molar-refractivity contribution is -0.123. The highest BCUT2D eigenvalue weighted by atomic mass is 35.5. The number of halogens is 1. The first-order valence-electron chi connectivity index (χ1n) is 18.7. The first-order valence-corrected chi connectivity index (χ1v) is 19.0. The zero-order valence-electron chi connectivity index (χ0n) is 30.6. The van der Waals surface area contributed by atoms with Gasteiger partial charge >= 0.3 is 0 Å². The second-order valence-electron chi connectivity index (χ2n) is 15.0. The van der Waals surface area contributed by atoms with Crippen molar-refractivity contribution >= 4 is 68.1 Å². The molecule has 12 heteroatoms. The van der Waals surface area contributed by atoms with Crippen LogP contribution in [0.5, 0.6) is 5.88 Å². The molecule has 4 atom stereocenters. The monoisotopic (exact) mass is 772 g/mol. The smallest absolute Gasteiger partial charge is 0.266 e. The Balaban J connectivity index is 0.000000166. The number of rotatable bonds is 3. The number of amides is 2. The molecule has 0 saturated carbocycles. The standard InChI is InChI=1S/C29H23ClN4O3.C16H10N2O2/c1-15(2)24-22-23(27(37)33(26(22)36)21-14-8-5-11-18(21)30)29(32-24)17-10-4-7-13-20(17)34-25(35)16-9-3-6-12-19(16)31-28(29)34;19-15-10-6-2-4-8-12(10)17-14(15)13-9-5-1-3-7-11(9)18-16(13)20/h3-15,22-24,32H,1-2H3;1-8,18,20H/t22-,23-,24?,29?;/m1./s1. The number of nitrogens with zero attached hydrogens (tertiary/aromatic N) is 4. The second-order valence-corrected chi connectivity index (χ2v) is 15.4. The van der Waals surface area contributed by atoms with E-state index in [1.165, 1.54) is 4.90 Å². The van der Waals surface area contributed by atoms with E-state index in [1.807, 2.05) is 86.6 Å². The van der Waals surface area contributed by atoms with Gasteiger partial charge in [-0.3, -0.25) is 29.1 Å². The highest BCUT2D eigenvalue weighted by Gasteiger charge is 2.70. The van der Waals surface area contributed by atoms with Gasteiger partial charge in [-0.2, -0.15) is 0 Å². The number of fused-ring (bicyclic) bond motifs is 10. The number of Topliss-reactive ketones (excluding diaryl/α,β-unsaturated/α-hetero) is 1. The third-order valence-electron chi connectivity index (χ3n) is 11.6. The van der Waals surface area contributed by atoms with Crippen molar-refractivity contribution in [1.82, 2.24) is 19.9 Å². The molecular weight excluding hydrogens is 740 g/mol. The SMILES string of the molecule is CC(C)C1NC2(c3ccccc3-n3c2nc2ccccc2c3=O)[C@H]2C(=O)N(c3ccccc3Cl)C(=O)[C@@H]12.O=C1C(c2c(O)[nH]c3ccccc23)=Nc2ccccc21.